The molecular weight excluding hydrogens is 294 g/mol. The number of nitrogens with zero attached hydrogens (tertiary/aromatic N) is 3. The summed E-state index contributed by atoms with van der Waals surface area (Å²) in [4.78, 5) is 14.9. The van der Waals surface area contributed by atoms with Gasteiger partial charge < -0.3 is 14.5 Å². The fourth-order valence-corrected chi connectivity index (χ4v) is 2.88. The summed E-state index contributed by atoms with van der Waals surface area (Å²) in [5.74, 6) is 0.885. The molecule has 1 aliphatic rings. The number of nitro benzene ring substituents is 1. The molecule has 2 aromatic carbocycles. The minimum Gasteiger partial charge on any atom is -0.495 e. The summed E-state index contributed by atoms with van der Waals surface area (Å²) < 4.78 is 5.43. The predicted molar refractivity (Wildman–Crippen MR) is 90.5 cm³/mol. The Kier molecular flexibility index (Phi) is 4.32. The standard InChI is InChI=1S/C17H19N3O3/c1-23-17-5-3-2-4-16(17)19-12-10-18(11-13-19)14-6-8-15(9-7-14)20(21)22/h2-9H,10-13H2,1H3. The maximum absolute atomic E-state index is 10.7. The zero-order valence-electron chi connectivity index (χ0n) is 13.0. The molecule has 1 saturated heterocycles. The molecule has 0 saturated carbocycles. The van der Waals surface area contributed by atoms with Gasteiger partial charge in [-0.25, -0.2) is 0 Å². The third kappa shape index (κ3) is 3.21. The molecule has 6 nitrogen and oxygen atoms in total. The number of para-hydroxylation sites is 2. The highest BCUT2D eigenvalue weighted by molar-refractivity contribution is 5.60. The molecule has 0 amide bonds. The molecule has 0 atom stereocenters. The summed E-state index contributed by atoms with van der Waals surface area (Å²) >= 11 is 0. The molecule has 0 spiro atoms. The number of non-ortho nitro benzene ring substituents is 1. The van der Waals surface area contributed by atoms with Crippen molar-refractivity contribution in [1.29, 1.82) is 0 Å². The first-order valence-electron chi connectivity index (χ1n) is 7.56. The average Bonchev–Trinajstić information content (AvgIpc) is 2.62. The number of benzene rings is 2. The Morgan fingerprint density at radius 3 is 2.17 bits per heavy atom. The van der Waals surface area contributed by atoms with Gasteiger partial charge in [0.25, 0.3) is 5.69 Å². The summed E-state index contributed by atoms with van der Waals surface area (Å²) in [6.45, 7) is 3.51. The van der Waals surface area contributed by atoms with Crippen molar-refractivity contribution in [1.82, 2.24) is 0 Å². The summed E-state index contributed by atoms with van der Waals surface area (Å²) in [6.07, 6.45) is 0. The lowest BCUT2D eigenvalue weighted by atomic mass is 10.2. The van der Waals surface area contributed by atoms with Crippen molar-refractivity contribution >= 4 is 17.1 Å². The largest absolute Gasteiger partial charge is 0.495 e. The van der Waals surface area contributed by atoms with Crippen LogP contribution in [0.5, 0.6) is 5.75 Å². The Morgan fingerprint density at radius 2 is 1.57 bits per heavy atom. The zero-order valence-corrected chi connectivity index (χ0v) is 13.0. The average molecular weight is 313 g/mol. The number of anilines is 2. The number of hydrogen-bond acceptors (Lipinski definition) is 5. The highest BCUT2D eigenvalue weighted by atomic mass is 16.6. The topological polar surface area (TPSA) is 58.8 Å². The molecule has 3 rings (SSSR count). The van der Waals surface area contributed by atoms with Crippen LogP contribution in [0.25, 0.3) is 0 Å². The van der Waals surface area contributed by atoms with Crippen molar-refractivity contribution in [2.24, 2.45) is 0 Å². The van der Waals surface area contributed by atoms with Gasteiger partial charge in [-0.1, -0.05) is 12.1 Å². The third-order valence-electron chi connectivity index (χ3n) is 4.13. The molecule has 6 heteroatoms. The molecule has 1 fully saturated rings. The fraction of sp³-hybridized carbons (Fsp3) is 0.294. The Hall–Kier alpha value is -2.76. The van der Waals surface area contributed by atoms with Gasteiger partial charge in [-0.15, -0.1) is 0 Å². The smallest absolute Gasteiger partial charge is 0.269 e. The van der Waals surface area contributed by atoms with Crippen LogP contribution in [-0.2, 0) is 0 Å². The second-order valence-electron chi connectivity index (χ2n) is 5.42. The molecule has 0 bridgehead atoms. The van der Waals surface area contributed by atoms with Crippen LogP contribution in [0.3, 0.4) is 0 Å². The van der Waals surface area contributed by atoms with Gasteiger partial charge in [0.05, 0.1) is 17.7 Å². The van der Waals surface area contributed by atoms with Crippen LogP contribution in [0.15, 0.2) is 48.5 Å². The number of piperazine rings is 1. The molecule has 0 aliphatic carbocycles. The number of rotatable bonds is 4. The molecule has 0 radical (unpaired) electrons. The number of hydrogen-bond donors (Lipinski definition) is 0. The van der Waals surface area contributed by atoms with E-state index in [4.69, 9.17) is 4.74 Å². The van der Waals surface area contributed by atoms with E-state index in [-0.39, 0.29) is 10.6 Å². The quantitative estimate of drug-likeness (QED) is 0.641. The van der Waals surface area contributed by atoms with E-state index in [2.05, 4.69) is 15.9 Å². The number of methoxy groups -OCH3 is 1. The minimum atomic E-state index is -0.372. The lowest BCUT2D eigenvalue weighted by Crippen LogP contribution is -2.46. The molecule has 2 aromatic rings. The molecule has 120 valence electrons. The van der Waals surface area contributed by atoms with Gasteiger partial charge in [-0.05, 0) is 24.3 Å². The van der Waals surface area contributed by atoms with E-state index in [0.717, 1.165) is 43.3 Å². The Balaban J connectivity index is 1.67. The maximum atomic E-state index is 10.7. The Labute approximate surface area is 135 Å². The third-order valence-corrected chi connectivity index (χ3v) is 4.13. The van der Waals surface area contributed by atoms with Gasteiger partial charge in [0.2, 0.25) is 0 Å². The molecule has 0 unspecified atom stereocenters. The number of nitro groups is 1. The van der Waals surface area contributed by atoms with Crippen LogP contribution in [0, 0.1) is 10.1 Å². The highest BCUT2D eigenvalue weighted by Gasteiger charge is 2.20. The molecular formula is C17H19N3O3. The molecule has 0 N–H and O–H groups in total. The highest BCUT2D eigenvalue weighted by Crippen LogP contribution is 2.29. The van der Waals surface area contributed by atoms with Crippen molar-refractivity contribution in [2.45, 2.75) is 0 Å². The van der Waals surface area contributed by atoms with E-state index in [1.54, 1.807) is 19.2 Å². The van der Waals surface area contributed by atoms with Gasteiger partial charge >= 0.3 is 0 Å². The predicted octanol–water partition coefficient (Wildman–Crippen LogP) is 2.93. The van der Waals surface area contributed by atoms with Gasteiger partial charge in [0.15, 0.2) is 0 Å². The Morgan fingerprint density at radius 1 is 0.957 bits per heavy atom. The van der Waals surface area contributed by atoms with E-state index >= 15 is 0 Å². The van der Waals surface area contributed by atoms with Crippen molar-refractivity contribution in [3.8, 4) is 5.75 Å². The first kappa shape index (κ1) is 15.1. The normalized spacial score (nSPS) is 14.7. The fourth-order valence-electron chi connectivity index (χ4n) is 2.88. The second-order valence-corrected chi connectivity index (χ2v) is 5.42. The van der Waals surface area contributed by atoms with Gasteiger partial charge in [-0.2, -0.15) is 0 Å². The van der Waals surface area contributed by atoms with Crippen molar-refractivity contribution in [3.63, 3.8) is 0 Å². The van der Waals surface area contributed by atoms with E-state index in [9.17, 15) is 10.1 Å². The zero-order chi connectivity index (χ0) is 16.2. The minimum absolute atomic E-state index is 0.126. The molecule has 1 heterocycles. The molecule has 0 aromatic heterocycles. The second kappa shape index (κ2) is 6.56. The SMILES string of the molecule is COc1ccccc1N1CCN(c2ccc([N+](=O)[O-])cc2)CC1. The van der Waals surface area contributed by atoms with E-state index in [1.165, 1.54) is 0 Å². The van der Waals surface area contributed by atoms with E-state index in [0.29, 0.717) is 0 Å². The lowest BCUT2D eigenvalue weighted by Gasteiger charge is -2.37. The first-order valence-corrected chi connectivity index (χ1v) is 7.56. The Bertz CT molecular complexity index is 680. The van der Waals surface area contributed by atoms with Crippen LogP contribution in [0.2, 0.25) is 0 Å². The summed E-state index contributed by atoms with van der Waals surface area (Å²) in [5, 5.41) is 10.7. The maximum Gasteiger partial charge on any atom is 0.269 e. The van der Waals surface area contributed by atoms with Gasteiger partial charge in [-0.3, -0.25) is 10.1 Å². The van der Waals surface area contributed by atoms with Gasteiger partial charge in [0, 0.05) is 44.0 Å². The van der Waals surface area contributed by atoms with Gasteiger partial charge in [0.1, 0.15) is 5.75 Å². The van der Waals surface area contributed by atoms with Crippen LogP contribution < -0.4 is 14.5 Å². The number of ether oxygens (including phenoxy) is 1. The van der Waals surface area contributed by atoms with E-state index < -0.39 is 0 Å². The molecule has 23 heavy (non-hydrogen) atoms. The van der Waals surface area contributed by atoms with Crippen LogP contribution in [-0.4, -0.2) is 38.2 Å². The van der Waals surface area contributed by atoms with Crippen LogP contribution in [0.4, 0.5) is 17.1 Å². The van der Waals surface area contributed by atoms with Crippen molar-refractivity contribution in [3.05, 3.63) is 58.6 Å². The van der Waals surface area contributed by atoms with Crippen LogP contribution >= 0.6 is 0 Å². The first-order chi connectivity index (χ1) is 11.2. The summed E-state index contributed by atoms with van der Waals surface area (Å²) in [5.41, 5.74) is 2.26. The van der Waals surface area contributed by atoms with Crippen LogP contribution in [0.1, 0.15) is 0 Å². The lowest BCUT2D eigenvalue weighted by molar-refractivity contribution is -0.384. The van der Waals surface area contributed by atoms with Crippen molar-refractivity contribution in [2.75, 3.05) is 43.1 Å². The monoisotopic (exact) mass is 313 g/mol. The summed E-state index contributed by atoms with van der Waals surface area (Å²) in [6, 6.07) is 14.8. The summed E-state index contributed by atoms with van der Waals surface area (Å²) in [7, 11) is 1.69. The molecule has 1 aliphatic heterocycles. The van der Waals surface area contributed by atoms with Crippen molar-refractivity contribution < 1.29 is 9.66 Å². The van der Waals surface area contributed by atoms with E-state index in [1.807, 2.05) is 30.3 Å².